The van der Waals surface area contributed by atoms with Gasteiger partial charge in [-0.2, -0.15) is 0 Å². The van der Waals surface area contributed by atoms with Crippen LogP contribution in [0.2, 0.25) is 0 Å². The van der Waals surface area contributed by atoms with Gasteiger partial charge in [-0.05, 0) is 45.7 Å². The Hall–Kier alpha value is -2.78. The molecular formula is C18H23F3N2O5. The number of carboxylic acids is 1. The number of alkyl carbamates (subject to hydrolysis) is 1. The summed E-state index contributed by atoms with van der Waals surface area (Å²) in [5, 5.41) is 13.6. The fraction of sp³-hybridized carbons (Fsp3) is 0.500. The lowest BCUT2D eigenvalue weighted by molar-refractivity contribution is -0.137. The van der Waals surface area contributed by atoms with Crippen LogP contribution in [0, 0.1) is 17.5 Å². The maximum atomic E-state index is 13.8. The topological polar surface area (TPSA) is 105 Å². The van der Waals surface area contributed by atoms with E-state index in [-0.39, 0.29) is 12.0 Å². The number of carbonyl (C=O) groups excluding carboxylic acids is 2. The molecule has 0 aliphatic heterocycles. The third-order valence-corrected chi connectivity index (χ3v) is 3.45. The molecule has 3 N–H and O–H groups in total. The van der Waals surface area contributed by atoms with Crippen LogP contribution in [0.4, 0.5) is 18.0 Å². The Morgan fingerprint density at radius 2 is 1.64 bits per heavy atom. The Morgan fingerprint density at radius 3 is 2.18 bits per heavy atom. The van der Waals surface area contributed by atoms with Crippen molar-refractivity contribution in [3.8, 4) is 0 Å². The number of benzene rings is 1. The highest BCUT2D eigenvalue weighted by Gasteiger charge is 2.25. The first-order valence-corrected chi connectivity index (χ1v) is 8.43. The van der Waals surface area contributed by atoms with Crippen molar-refractivity contribution in [1.82, 2.24) is 10.6 Å². The largest absolute Gasteiger partial charge is 0.481 e. The maximum Gasteiger partial charge on any atom is 0.408 e. The number of ether oxygens (including phenoxy) is 1. The zero-order valence-electron chi connectivity index (χ0n) is 15.9. The third kappa shape index (κ3) is 7.85. The van der Waals surface area contributed by atoms with Crippen LogP contribution in [0.5, 0.6) is 0 Å². The summed E-state index contributed by atoms with van der Waals surface area (Å²) >= 11 is 0. The van der Waals surface area contributed by atoms with E-state index < -0.39 is 59.5 Å². The molecule has 0 saturated heterocycles. The SMILES string of the molecule is CC(NC(=O)OC(C)(C)C)C(=O)NC(CC(=O)O)Cc1cc(F)c(F)cc1F. The first-order valence-electron chi connectivity index (χ1n) is 8.43. The quantitative estimate of drug-likeness (QED) is 0.606. The molecule has 10 heteroatoms. The monoisotopic (exact) mass is 404 g/mol. The van der Waals surface area contributed by atoms with Crippen LogP contribution in [-0.2, 0) is 20.7 Å². The highest BCUT2D eigenvalue weighted by atomic mass is 19.2. The molecule has 0 saturated carbocycles. The molecule has 1 rings (SSSR count). The lowest BCUT2D eigenvalue weighted by atomic mass is 10.0. The first kappa shape index (κ1) is 23.3. The van der Waals surface area contributed by atoms with Gasteiger partial charge < -0.3 is 20.5 Å². The van der Waals surface area contributed by atoms with Crippen molar-refractivity contribution in [3.05, 3.63) is 35.1 Å². The van der Waals surface area contributed by atoms with Gasteiger partial charge in [0.1, 0.15) is 17.5 Å². The standard InChI is InChI=1S/C18H23F3N2O5/c1-9(22-17(27)28-18(2,3)4)16(26)23-11(7-15(24)25)5-10-6-13(20)14(21)8-12(10)19/h6,8-9,11H,5,7H2,1-4H3,(H,22,27)(H,23,26)(H,24,25). The molecule has 0 aromatic heterocycles. The van der Waals surface area contributed by atoms with Crippen LogP contribution in [-0.4, -0.2) is 40.8 Å². The lowest BCUT2D eigenvalue weighted by Crippen LogP contribution is -2.50. The number of hydrogen-bond donors (Lipinski definition) is 3. The van der Waals surface area contributed by atoms with Crippen LogP contribution in [0.3, 0.4) is 0 Å². The highest BCUT2D eigenvalue weighted by molar-refractivity contribution is 5.85. The molecule has 0 heterocycles. The minimum absolute atomic E-state index is 0.293. The van der Waals surface area contributed by atoms with Gasteiger partial charge in [0.25, 0.3) is 0 Å². The first-order chi connectivity index (χ1) is 12.8. The number of aliphatic carboxylic acids is 1. The van der Waals surface area contributed by atoms with E-state index in [2.05, 4.69) is 10.6 Å². The van der Waals surface area contributed by atoms with Crippen LogP contribution in [0.25, 0.3) is 0 Å². The van der Waals surface area contributed by atoms with Gasteiger partial charge in [-0.25, -0.2) is 18.0 Å². The maximum absolute atomic E-state index is 13.8. The predicted octanol–water partition coefficient (Wildman–Crippen LogP) is 2.52. The van der Waals surface area contributed by atoms with Gasteiger partial charge in [-0.3, -0.25) is 9.59 Å². The molecule has 7 nitrogen and oxygen atoms in total. The molecule has 0 spiro atoms. The fourth-order valence-corrected chi connectivity index (χ4v) is 2.25. The van der Waals surface area contributed by atoms with Crippen LogP contribution >= 0.6 is 0 Å². The Kier molecular flexibility index (Phi) is 7.83. The second-order valence-electron chi connectivity index (χ2n) is 7.23. The molecule has 0 fully saturated rings. The fourth-order valence-electron chi connectivity index (χ4n) is 2.25. The van der Waals surface area contributed by atoms with E-state index in [9.17, 15) is 27.6 Å². The smallest absolute Gasteiger partial charge is 0.408 e. The molecule has 2 amide bonds. The van der Waals surface area contributed by atoms with E-state index in [4.69, 9.17) is 9.84 Å². The summed E-state index contributed by atoms with van der Waals surface area (Å²) in [4.78, 5) is 35.0. The molecule has 2 unspecified atom stereocenters. The highest BCUT2D eigenvalue weighted by Crippen LogP contribution is 2.16. The number of hydrogen-bond acceptors (Lipinski definition) is 4. The molecule has 0 radical (unpaired) electrons. The number of carbonyl (C=O) groups is 3. The second kappa shape index (κ2) is 9.43. The van der Waals surface area contributed by atoms with Gasteiger partial charge in [0, 0.05) is 12.1 Å². The van der Waals surface area contributed by atoms with E-state index in [1.165, 1.54) is 6.92 Å². The summed E-state index contributed by atoms with van der Waals surface area (Å²) < 4.78 is 45.2. The molecule has 2 atom stereocenters. The number of halogens is 3. The zero-order valence-corrected chi connectivity index (χ0v) is 15.9. The van der Waals surface area contributed by atoms with Crippen molar-refractivity contribution in [2.24, 2.45) is 0 Å². The van der Waals surface area contributed by atoms with Gasteiger partial charge in [-0.15, -0.1) is 0 Å². The summed E-state index contributed by atoms with van der Waals surface area (Å²) in [7, 11) is 0. The molecule has 156 valence electrons. The van der Waals surface area contributed by atoms with E-state index in [1.807, 2.05) is 0 Å². The van der Waals surface area contributed by atoms with E-state index in [1.54, 1.807) is 20.8 Å². The lowest BCUT2D eigenvalue weighted by Gasteiger charge is -2.23. The Balaban J connectivity index is 2.83. The summed E-state index contributed by atoms with van der Waals surface area (Å²) in [5.74, 6) is -5.78. The van der Waals surface area contributed by atoms with E-state index in [0.29, 0.717) is 12.1 Å². The summed E-state index contributed by atoms with van der Waals surface area (Å²) in [6.07, 6.45) is -1.83. The normalized spacial score (nSPS) is 13.4. The zero-order chi connectivity index (χ0) is 21.6. The second-order valence-corrected chi connectivity index (χ2v) is 7.23. The van der Waals surface area contributed by atoms with Crippen molar-refractivity contribution in [2.75, 3.05) is 0 Å². The molecule has 1 aromatic carbocycles. The van der Waals surface area contributed by atoms with Crippen molar-refractivity contribution >= 4 is 18.0 Å². The Morgan fingerprint density at radius 1 is 1.07 bits per heavy atom. The average molecular weight is 404 g/mol. The Labute approximate surface area is 160 Å². The molecule has 28 heavy (non-hydrogen) atoms. The number of amides is 2. The summed E-state index contributed by atoms with van der Waals surface area (Å²) in [5.41, 5.74) is -1.07. The molecule has 0 aliphatic carbocycles. The van der Waals surface area contributed by atoms with Gasteiger partial charge >= 0.3 is 12.1 Å². The minimum atomic E-state index is -1.38. The molecular weight excluding hydrogens is 381 g/mol. The van der Waals surface area contributed by atoms with Crippen molar-refractivity contribution in [3.63, 3.8) is 0 Å². The van der Waals surface area contributed by atoms with E-state index in [0.717, 1.165) is 0 Å². The number of rotatable bonds is 7. The predicted molar refractivity (Wildman–Crippen MR) is 93.0 cm³/mol. The van der Waals surface area contributed by atoms with Crippen molar-refractivity contribution in [1.29, 1.82) is 0 Å². The van der Waals surface area contributed by atoms with Gasteiger partial charge in [0.2, 0.25) is 5.91 Å². The van der Waals surface area contributed by atoms with Gasteiger partial charge in [0.15, 0.2) is 11.6 Å². The number of nitrogens with one attached hydrogen (secondary N) is 2. The Bertz CT molecular complexity index is 749. The van der Waals surface area contributed by atoms with Crippen LogP contribution in [0.1, 0.15) is 39.7 Å². The number of carboxylic acid groups (broad SMARTS) is 1. The molecule has 1 aromatic rings. The average Bonchev–Trinajstić information content (AvgIpc) is 2.49. The van der Waals surface area contributed by atoms with Crippen molar-refractivity contribution < 1.29 is 37.4 Å². The van der Waals surface area contributed by atoms with Crippen molar-refractivity contribution in [2.45, 2.75) is 58.2 Å². The van der Waals surface area contributed by atoms with Crippen LogP contribution < -0.4 is 10.6 Å². The van der Waals surface area contributed by atoms with E-state index >= 15 is 0 Å². The summed E-state index contributed by atoms with van der Waals surface area (Å²) in [6.45, 7) is 6.25. The minimum Gasteiger partial charge on any atom is -0.481 e. The molecule has 0 aliphatic rings. The van der Waals surface area contributed by atoms with Gasteiger partial charge in [0.05, 0.1) is 6.42 Å². The van der Waals surface area contributed by atoms with Gasteiger partial charge in [-0.1, -0.05) is 0 Å². The third-order valence-electron chi connectivity index (χ3n) is 3.45. The molecule has 0 bridgehead atoms. The van der Waals surface area contributed by atoms with Crippen LogP contribution in [0.15, 0.2) is 12.1 Å². The summed E-state index contributed by atoms with van der Waals surface area (Å²) in [6, 6.07) is -1.25.